The third kappa shape index (κ3) is 2.22. The van der Waals surface area contributed by atoms with E-state index in [1.54, 1.807) is 12.3 Å². The number of aromatic nitrogens is 1. The van der Waals surface area contributed by atoms with Crippen molar-refractivity contribution < 1.29 is 5.11 Å². The fraction of sp³-hybridized carbons (Fsp3) is 0. The lowest BCUT2D eigenvalue weighted by molar-refractivity contribution is 0.472. The molecule has 0 saturated carbocycles. The van der Waals surface area contributed by atoms with Crippen molar-refractivity contribution in [1.82, 2.24) is 4.98 Å². The van der Waals surface area contributed by atoms with Crippen LogP contribution in [0.5, 0.6) is 5.75 Å². The van der Waals surface area contributed by atoms with E-state index < -0.39 is 0 Å². The van der Waals surface area contributed by atoms with E-state index in [1.165, 1.54) is 0 Å². The van der Waals surface area contributed by atoms with Crippen molar-refractivity contribution in [2.45, 2.75) is 0 Å². The number of para-hydroxylation sites is 1. The second kappa shape index (κ2) is 5.35. The van der Waals surface area contributed by atoms with Gasteiger partial charge in [0.15, 0.2) is 0 Å². The molecule has 2 aromatic carbocycles. The van der Waals surface area contributed by atoms with E-state index in [-0.39, 0.29) is 5.75 Å². The van der Waals surface area contributed by atoms with Gasteiger partial charge in [-0.25, -0.2) is 0 Å². The van der Waals surface area contributed by atoms with E-state index in [1.807, 2.05) is 30.3 Å². The molecule has 100 valence electrons. The predicted molar refractivity (Wildman–Crippen MR) is 89.3 cm³/mol. The number of phenols is 1. The van der Waals surface area contributed by atoms with Crippen LogP contribution in [0, 0.1) is 0 Å². The molecular weight excluding hydrogens is 405 g/mol. The Labute approximate surface area is 137 Å². The van der Waals surface area contributed by atoms with Crippen molar-refractivity contribution in [3.05, 3.63) is 56.6 Å². The summed E-state index contributed by atoms with van der Waals surface area (Å²) in [5.41, 5.74) is 2.46. The number of aromatic hydroxyl groups is 1. The molecule has 0 atom stereocenters. The lowest BCUT2D eigenvalue weighted by atomic mass is 10.0. The van der Waals surface area contributed by atoms with Gasteiger partial charge in [0.05, 0.1) is 15.0 Å². The molecule has 1 N–H and O–H groups in total. The Bertz CT molecular complexity index is 815. The third-order valence-electron chi connectivity index (χ3n) is 3.05. The summed E-state index contributed by atoms with van der Waals surface area (Å²) in [5.74, 6) is 0.0257. The van der Waals surface area contributed by atoms with Crippen molar-refractivity contribution in [2.24, 2.45) is 0 Å². The quantitative estimate of drug-likeness (QED) is 0.548. The molecule has 3 rings (SSSR count). The topological polar surface area (TPSA) is 33.1 Å². The number of rotatable bonds is 1. The van der Waals surface area contributed by atoms with Gasteiger partial charge in [0, 0.05) is 27.2 Å². The lowest BCUT2D eigenvalue weighted by Gasteiger charge is -2.12. The first-order chi connectivity index (χ1) is 9.59. The van der Waals surface area contributed by atoms with Gasteiger partial charge in [0.2, 0.25) is 0 Å². The van der Waals surface area contributed by atoms with Crippen LogP contribution in [0.4, 0.5) is 0 Å². The number of halogens is 3. The zero-order chi connectivity index (χ0) is 14.3. The minimum absolute atomic E-state index is 0.0257. The molecule has 0 aliphatic heterocycles. The number of fused-ring (bicyclic) bond motifs is 1. The van der Waals surface area contributed by atoms with Gasteiger partial charge in [-0.15, -0.1) is 0 Å². The molecule has 0 saturated heterocycles. The van der Waals surface area contributed by atoms with Crippen LogP contribution >= 0.6 is 43.5 Å². The molecule has 1 aromatic heterocycles. The Morgan fingerprint density at radius 3 is 2.60 bits per heavy atom. The first-order valence-corrected chi connectivity index (χ1v) is 7.76. The van der Waals surface area contributed by atoms with E-state index in [4.69, 9.17) is 11.6 Å². The highest BCUT2D eigenvalue weighted by molar-refractivity contribution is 9.11. The Kier molecular flexibility index (Phi) is 3.71. The number of phenolic OH excluding ortho intramolecular Hbond substituents is 1. The lowest BCUT2D eigenvalue weighted by Crippen LogP contribution is -1.88. The molecule has 3 aromatic rings. The molecule has 0 fully saturated rings. The summed E-state index contributed by atoms with van der Waals surface area (Å²) in [6, 6.07) is 11.5. The number of nitrogens with zero attached hydrogens (tertiary/aromatic N) is 1. The van der Waals surface area contributed by atoms with Crippen molar-refractivity contribution in [3.8, 4) is 16.9 Å². The maximum absolute atomic E-state index is 10.0. The average molecular weight is 413 g/mol. The first kappa shape index (κ1) is 13.9. The summed E-state index contributed by atoms with van der Waals surface area (Å²) in [5, 5.41) is 11.3. The molecular formula is C15H8Br2ClNO. The molecule has 0 bridgehead atoms. The third-order valence-corrected chi connectivity index (χ3v) is 4.65. The van der Waals surface area contributed by atoms with Gasteiger partial charge in [-0.3, -0.25) is 4.98 Å². The van der Waals surface area contributed by atoms with Crippen molar-refractivity contribution in [2.75, 3.05) is 0 Å². The van der Waals surface area contributed by atoms with Crippen LogP contribution in [0.2, 0.25) is 5.02 Å². The Hall–Kier alpha value is -1.10. The van der Waals surface area contributed by atoms with Crippen LogP contribution in [-0.4, -0.2) is 10.1 Å². The number of hydrogen-bond acceptors (Lipinski definition) is 2. The van der Waals surface area contributed by atoms with Crippen molar-refractivity contribution in [3.63, 3.8) is 0 Å². The SMILES string of the molecule is Oc1c(Br)cc(Br)c(-c2cccc3cccnc23)c1Cl. The second-order valence-electron chi connectivity index (χ2n) is 4.26. The van der Waals surface area contributed by atoms with Crippen LogP contribution < -0.4 is 0 Å². The Morgan fingerprint density at radius 1 is 1.05 bits per heavy atom. The highest BCUT2D eigenvalue weighted by atomic mass is 79.9. The molecule has 2 nitrogen and oxygen atoms in total. The molecule has 5 heteroatoms. The molecule has 0 aliphatic rings. The van der Waals surface area contributed by atoms with Gasteiger partial charge in [-0.2, -0.15) is 0 Å². The maximum Gasteiger partial charge on any atom is 0.149 e. The summed E-state index contributed by atoms with van der Waals surface area (Å²) >= 11 is 13.1. The highest BCUT2D eigenvalue weighted by Crippen LogP contribution is 2.45. The van der Waals surface area contributed by atoms with Crippen LogP contribution in [0.1, 0.15) is 0 Å². The average Bonchev–Trinajstić information content (AvgIpc) is 2.45. The van der Waals surface area contributed by atoms with Gasteiger partial charge >= 0.3 is 0 Å². The summed E-state index contributed by atoms with van der Waals surface area (Å²) in [6.45, 7) is 0. The normalized spacial score (nSPS) is 10.9. The molecule has 0 unspecified atom stereocenters. The van der Waals surface area contributed by atoms with Crippen LogP contribution in [0.25, 0.3) is 22.0 Å². The van der Waals surface area contributed by atoms with Gasteiger partial charge in [0.25, 0.3) is 0 Å². The minimum atomic E-state index is 0.0257. The Balaban J connectivity index is 2.40. The molecule has 0 spiro atoms. The number of benzene rings is 2. The Morgan fingerprint density at radius 2 is 1.80 bits per heavy atom. The van der Waals surface area contributed by atoms with E-state index in [0.29, 0.717) is 9.50 Å². The van der Waals surface area contributed by atoms with E-state index >= 15 is 0 Å². The number of hydrogen-bond donors (Lipinski definition) is 1. The fourth-order valence-electron chi connectivity index (χ4n) is 2.13. The van der Waals surface area contributed by atoms with Gasteiger partial charge in [-0.1, -0.05) is 51.8 Å². The molecule has 0 radical (unpaired) electrons. The van der Waals surface area contributed by atoms with E-state index in [2.05, 4.69) is 36.8 Å². The van der Waals surface area contributed by atoms with Crippen molar-refractivity contribution in [1.29, 1.82) is 0 Å². The summed E-state index contributed by atoms with van der Waals surface area (Å²) in [6.07, 6.45) is 1.74. The zero-order valence-electron chi connectivity index (χ0n) is 10.1. The molecule has 1 heterocycles. The first-order valence-electron chi connectivity index (χ1n) is 5.80. The van der Waals surface area contributed by atoms with Gasteiger partial charge in [0.1, 0.15) is 5.75 Å². The van der Waals surface area contributed by atoms with Gasteiger partial charge in [-0.05, 0) is 28.1 Å². The molecule has 20 heavy (non-hydrogen) atoms. The van der Waals surface area contributed by atoms with Crippen LogP contribution in [-0.2, 0) is 0 Å². The standard InChI is InChI=1S/C15H8Br2ClNO/c16-10-7-11(17)15(20)13(18)12(10)9-5-1-3-8-4-2-6-19-14(8)9/h1-7,20H. The van der Waals surface area contributed by atoms with Crippen LogP contribution in [0.15, 0.2) is 51.5 Å². The van der Waals surface area contributed by atoms with Crippen LogP contribution in [0.3, 0.4) is 0 Å². The summed E-state index contributed by atoms with van der Waals surface area (Å²) in [4.78, 5) is 4.42. The summed E-state index contributed by atoms with van der Waals surface area (Å²) in [7, 11) is 0. The van der Waals surface area contributed by atoms with E-state index in [0.717, 1.165) is 26.5 Å². The monoisotopic (exact) mass is 411 g/mol. The number of pyridine rings is 1. The smallest absolute Gasteiger partial charge is 0.149 e. The highest BCUT2D eigenvalue weighted by Gasteiger charge is 2.17. The zero-order valence-corrected chi connectivity index (χ0v) is 14.0. The molecule has 0 amide bonds. The largest absolute Gasteiger partial charge is 0.505 e. The van der Waals surface area contributed by atoms with Crippen molar-refractivity contribution >= 4 is 54.4 Å². The fourth-order valence-corrected chi connectivity index (χ4v) is 4.04. The van der Waals surface area contributed by atoms with E-state index in [9.17, 15) is 5.11 Å². The predicted octanol–water partition coefficient (Wildman–Crippen LogP) is 5.79. The maximum atomic E-state index is 10.0. The molecule has 0 aliphatic carbocycles. The van der Waals surface area contributed by atoms with Gasteiger partial charge < -0.3 is 5.11 Å². The second-order valence-corrected chi connectivity index (χ2v) is 6.35. The summed E-state index contributed by atoms with van der Waals surface area (Å²) < 4.78 is 1.34. The minimum Gasteiger partial charge on any atom is -0.505 e.